The van der Waals surface area contributed by atoms with Crippen molar-refractivity contribution in [3.05, 3.63) is 52.4 Å². The van der Waals surface area contributed by atoms with Gasteiger partial charge in [-0.15, -0.1) is 24.0 Å². The van der Waals surface area contributed by atoms with E-state index in [2.05, 4.69) is 33.3 Å². The molecule has 1 N–H and O–H groups in total. The topological polar surface area (TPSA) is 56.9 Å². The maximum Gasteiger partial charge on any atom is 0.194 e. The van der Waals surface area contributed by atoms with Gasteiger partial charge in [-0.3, -0.25) is 9.89 Å². The number of aryl methyl sites for hydroxylation is 2. The van der Waals surface area contributed by atoms with E-state index < -0.39 is 0 Å². The summed E-state index contributed by atoms with van der Waals surface area (Å²) in [6.07, 6.45) is 1.94. The summed E-state index contributed by atoms with van der Waals surface area (Å²) in [5, 5.41) is 8.38. The van der Waals surface area contributed by atoms with Crippen LogP contribution in [-0.2, 0) is 13.0 Å². The number of nitrogens with one attached hydrogen (secondary N) is 1. The highest BCUT2D eigenvalue weighted by Crippen LogP contribution is 2.16. The minimum Gasteiger partial charge on any atom is -0.361 e. The summed E-state index contributed by atoms with van der Waals surface area (Å²) in [5.74, 6) is 1.88. The lowest BCUT2D eigenvalue weighted by molar-refractivity contribution is 0.169. The summed E-state index contributed by atoms with van der Waals surface area (Å²) in [5.41, 5.74) is 2.20. The van der Waals surface area contributed by atoms with E-state index in [4.69, 9.17) is 21.1 Å². The van der Waals surface area contributed by atoms with Crippen LogP contribution in [0, 0.1) is 6.92 Å². The average molecular weight is 532 g/mol. The maximum atomic E-state index is 6.24. The van der Waals surface area contributed by atoms with Crippen molar-refractivity contribution in [1.82, 2.24) is 20.3 Å². The SMILES string of the molecule is CCNC(=NCCCc1ccccc1Cl)N1CCN(Cc2cc(C)on2)CC1.I. The molecule has 6 nitrogen and oxygen atoms in total. The van der Waals surface area contributed by atoms with E-state index >= 15 is 0 Å². The second-order valence-electron chi connectivity index (χ2n) is 7.12. The highest BCUT2D eigenvalue weighted by molar-refractivity contribution is 14.0. The highest BCUT2D eigenvalue weighted by Gasteiger charge is 2.20. The Morgan fingerprint density at radius 2 is 2.00 bits per heavy atom. The second-order valence-corrected chi connectivity index (χ2v) is 7.53. The lowest BCUT2D eigenvalue weighted by Crippen LogP contribution is -2.52. The zero-order valence-corrected chi connectivity index (χ0v) is 20.3. The Morgan fingerprint density at radius 3 is 2.66 bits per heavy atom. The molecule has 0 aliphatic carbocycles. The largest absolute Gasteiger partial charge is 0.361 e. The smallest absolute Gasteiger partial charge is 0.194 e. The summed E-state index contributed by atoms with van der Waals surface area (Å²) in [6, 6.07) is 10.1. The van der Waals surface area contributed by atoms with Gasteiger partial charge in [-0.05, 0) is 38.3 Å². The minimum absolute atomic E-state index is 0. The highest BCUT2D eigenvalue weighted by atomic mass is 127. The molecular weight excluding hydrogens is 501 g/mol. The summed E-state index contributed by atoms with van der Waals surface area (Å²) in [6.45, 7) is 10.5. The van der Waals surface area contributed by atoms with Gasteiger partial charge in [-0.1, -0.05) is 35.0 Å². The fourth-order valence-electron chi connectivity index (χ4n) is 3.42. The third-order valence-corrected chi connectivity index (χ3v) is 5.26. The van der Waals surface area contributed by atoms with Crippen molar-refractivity contribution >= 4 is 41.5 Å². The van der Waals surface area contributed by atoms with Crippen molar-refractivity contribution in [3.63, 3.8) is 0 Å². The van der Waals surface area contributed by atoms with Gasteiger partial charge in [-0.2, -0.15) is 0 Å². The predicted octanol–water partition coefficient (Wildman–Crippen LogP) is 3.97. The third-order valence-electron chi connectivity index (χ3n) is 4.89. The van der Waals surface area contributed by atoms with Gasteiger partial charge < -0.3 is 14.7 Å². The zero-order chi connectivity index (χ0) is 19.8. The summed E-state index contributed by atoms with van der Waals surface area (Å²) in [4.78, 5) is 9.60. The van der Waals surface area contributed by atoms with Crippen LogP contribution in [0.25, 0.3) is 0 Å². The molecule has 0 unspecified atom stereocenters. The second kappa shape index (κ2) is 12.4. The molecule has 0 amide bonds. The molecule has 1 aliphatic heterocycles. The number of benzene rings is 1. The molecule has 0 spiro atoms. The molecule has 160 valence electrons. The fraction of sp³-hybridized carbons (Fsp3) is 0.524. The Morgan fingerprint density at radius 1 is 1.24 bits per heavy atom. The van der Waals surface area contributed by atoms with E-state index in [0.29, 0.717) is 0 Å². The molecular formula is C21H31ClIN5O. The fourth-order valence-corrected chi connectivity index (χ4v) is 3.65. The van der Waals surface area contributed by atoms with Crippen molar-refractivity contribution < 1.29 is 4.52 Å². The van der Waals surface area contributed by atoms with Gasteiger partial charge >= 0.3 is 0 Å². The number of rotatable bonds is 7. The Bertz CT molecular complexity index is 774. The molecule has 0 bridgehead atoms. The zero-order valence-electron chi connectivity index (χ0n) is 17.2. The van der Waals surface area contributed by atoms with Crippen LogP contribution in [0.4, 0.5) is 0 Å². The first-order valence-electron chi connectivity index (χ1n) is 10.1. The van der Waals surface area contributed by atoms with Crippen LogP contribution in [0.2, 0.25) is 5.02 Å². The molecule has 3 rings (SSSR count). The molecule has 1 saturated heterocycles. The molecule has 1 aromatic carbocycles. The van der Waals surface area contributed by atoms with E-state index in [1.165, 1.54) is 5.56 Å². The minimum atomic E-state index is 0. The van der Waals surface area contributed by atoms with Crippen molar-refractivity contribution in [2.45, 2.75) is 33.2 Å². The van der Waals surface area contributed by atoms with Crippen molar-refractivity contribution in [2.24, 2.45) is 4.99 Å². The number of guanidine groups is 1. The van der Waals surface area contributed by atoms with Crippen molar-refractivity contribution in [3.8, 4) is 0 Å². The molecule has 0 atom stereocenters. The lowest BCUT2D eigenvalue weighted by Gasteiger charge is -2.36. The molecule has 2 aromatic rings. The van der Waals surface area contributed by atoms with Crippen LogP contribution in [-0.4, -0.2) is 60.2 Å². The van der Waals surface area contributed by atoms with E-state index in [9.17, 15) is 0 Å². The molecule has 0 saturated carbocycles. The van der Waals surface area contributed by atoms with E-state index in [-0.39, 0.29) is 24.0 Å². The normalized spacial score (nSPS) is 15.3. The van der Waals surface area contributed by atoms with Crippen LogP contribution in [0.3, 0.4) is 0 Å². The molecule has 8 heteroatoms. The average Bonchev–Trinajstić information content (AvgIpc) is 3.11. The molecule has 0 radical (unpaired) electrons. The monoisotopic (exact) mass is 531 g/mol. The van der Waals surface area contributed by atoms with Crippen LogP contribution in [0.1, 0.15) is 30.4 Å². The summed E-state index contributed by atoms with van der Waals surface area (Å²) >= 11 is 6.24. The van der Waals surface area contributed by atoms with Gasteiger partial charge in [0.15, 0.2) is 5.96 Å². The Hall–Kier alpha value is -1.32. The summed E-state index contributed by atoms with van der Waals surface area (Å²) < 4.78 is 5.17. The Kier molecular flexibility index (Phi) is 10.2. The number of aliphatic imine (C=N–C) groups is 1. The van der Waals surface area contributed by atoms with Crippen LogP contribution in [0.15, 0.2) is 39.8 Å². The van der Waals surface area contributed by atoms with Crippen molar-refractivity contribution in [2.75, 3.05) is 39.3 Å². The van der Waals surface area contributed by atoms with Crippen LogP contribution >= 0.6 is 35.6 Å². The van der Waals surface area contributed by atoms with Gasteiger partial charge in [-0.25, -0.2) is 0 Å². The third kappa shape index (κ3) is 7.46. The van der Waals surface area contributed by atoms with Gasteiger partial charge in [0.25, 0.3) is 0 Å². The molecule has 1 fully saturated rings. The molecule has 2 heterocycles. The summed E-state index contributed by atoms with van der Waals surface area (Å²) in [7, 11) is 0. The van der Waals surface area contributed by atoms with E-state index in [0.717, 1.165) is 81.1 Å². The number of halogens is 2. The van der Waals surface area contributed by atoms with Gasteiger partial charge in [0.2, 0.25) is 0 Å². The number of hydrogen-bond donors (Lipinski definition) is 1. The van der Waals surface area contributed by atoms with Gasteiger partial charge in [0.1, 0.15) is 5.76 Å². The van der Waals surface area contributed by atoms with E-state index in [1.54, 1.807) is 0 Å². The first-order chi connectivity index (χ1) is 13.7. The number of nitrogens with zero attached hydrogens (tertiary/aromatic N) is 4. The van der Waals surface area contributed by atoms with E-state index in [1.807, 2.05) is 31.2 Å². The lowest BCUT2D eigenvalue weighted by atomic mass is 10.1. The maximum absolute atomic E-state index is 6.24. The predicted molar refractivity (Wildman–Crippen MR) is 129 cm³/mol. The van der Waals surface area contributed by atoms with Gasteiger partial charge in [0.05, 0.1) is 5.69 Å². The quantitative estimate of drug-likeness (QED) is 0.254. The first kappa shape index (κ1) is 24.0. The standard InChI is InChI=1S/C21H30ClN5O.HI/c1-3-23-21(24-10-6-8-18-7-4-5-9-20(18)22)27-13-11-26(12-14-27)16-19-15-17(2)28-25-19;/h4-5,7,9,15H,3,6,8,10-14,16H2,1-2H3,(H,23,24);1H. The van der Waals surface area contributed by atoms with Crippen LogP contribution in [0.5, 0.6) is 0 Å². The number of aromatic nitrogens is 1. The first-order valence-corrected chi connectivity index (χ1v) is 10.4. The van der Waals surface area contributed by atoms with Crippen LogP contribution < -0.4 is 5.32 Å². The molecule has 1 aliphatic rings. The molecule has 1 aromatic heterocycles. The van der Waals surface area contributed by atoms with Crippen molar-refractivity contribution in [1.29, 1.82) is 0 Å². The number of hydrogen-bond acceptors (Lipinski definition) is 4. The Labute approximate surface area is 195 Å². The van der Waals surface area contributed by atoms with Gasteiger partial charge in [0, 0.05) is 56.9 Å². The number of piperazine rings is 1. The Balaban J connectivity index is 0.00000300. The molecule has 29 heavy (non-hydrogen) atoms.